The number of amides is 1. The van der Waals surface area contributed by atoms with Crippen LogP contribution in [0.2, 0.25) is 0 Å². The van der Waals surface area contributed by atoms with Gasteiger partial charge in [-0.1, -0.05) is 0 Å². The largest absolute Gasteiger partial charge is 0.443 e. The van der Waals surface area contributed by atoms with Gasteiger partial charge in [-0.3, -0.25) is 9.10 Å². The molecule has 0 aliphatic carbocycles. The minimum Gasteiger partial charge on any atom is -0.443 e. The number of hydrogen-bond donors (Lipinski definition) is 1. The zero-order valence-electron chi connectivity index (χ0n) is 13.9. The van der Waals surface area contributed by atoms with Gasteiger partial charge in [-0.15, -0.1) is 0 Å². The Balaban J connectivity index is 1.52. The Bertz CT molecular complexity index is 1080. The number of aromatic nitrogens is 1. The number of hydrogen-bond acceptors (Lipinski definition) is 5. The molecule has 0 bridgehead atoms. The first-order chi connectivity index (χ1) is 12.4. The number of likely N-dealkylation sites (N-methyl/N-ethyl adjacent to an activating group) is 1. The van der Waals surface area contributed by atoms with Crippen LogP contribution in [0.3, 0.4) is 0 Å². The highest BCUT2D eigenvalue weighted by atomic mass is 32.2. The number of fused-ring (bicyclic) bond motifs is 1. The van der Waals surface area contributed by atoms with E-state index in [1.807, 2.05) is 0 Å². The highest BCUT2D eigenvalue weighted by Crippen LogP contribution is 2.25. The summed E-state index contributed by atoms with van der Waals surface area (Å²) in [7, 11) is -1.92. The normalized spacial score (nSPS) is 16.9. The van der Waals surface area contributed by atoms with Crippen molar-refractivity contribution in [3.8, 4) is 0 Å². The summed E-state index contributed by atoms with van der Waals surface area (Å²) < 4.78 is 32.2. The number of oxazole rings is 1. The van der Waals surface area contributed by atoms with Crippen molar-refractivity contribution in [3.05, 3.63) is 54.4 Å². The van der Waals surface area contributed by atoms with E-state index >= 15 is 0 Å². The molecule has 4 rings (SSSR count). The Morgan fingerprint density at radius 2 is 1.92 bits per heavy atom. The topological polar surface area (TPSA) is 95.8 Å². The lowest BCUT2D eigenvalue weighted by molar-refractivity contribution is 0.102. The first-order valence-electron chi connectivity index (χ1n) is 7.94. The Morgan fingerprint density at radius 3 is 2.62 bits per heavy atom. The third-order valence-electron chi connectivity index (χ3n) is 4.30. The maximum absolute atomic E-state index is 12.4. The van der Waals surface area contributed by atoms with Gasteiger partial charge in [0, 0.05) is 37.5 Å². The predicted molar refractivity (Wildman–Crippen MR) is 97.3 cm³/mol. The van der Waals surface area contributed by atoms with E-state index in [0.29, 0.717) is 41.1 Å². The molecule has 0 radical (unpaired) electrons. The van der Waals surface area contributed by atoms with Crippen LogP contribution in [0.15, 0.2) is 53.3 Å². The van der Waals surface area contributed by atoms with Crippen LogP contribution >= 0.6 is 0 Å². The number of nitrogens with one attached hydrogen (secondary N) is 1. The van der Waals surface area contributed by atoms with E-state index in [0.717, 1.165) is 0 Å². The zero-order chi connectivity index (χ0) is 18.3. The predicted octanol–water partition coefficient (Wildman–Crippen LogP) is 2.08. The Labute approximate surface area is 150 Å². The van der Waals surface area contributed by atoms with Gasteiger partial charge in [-0.05, 0) is 36.4 Å². The third-order valence-corrected chi connectivity index (χ3v) is 6.22. The Morgan fingerprint density at radius 1 is 1.15 bits per heavy atom. The Hall–Kier alpha value is -2.91. The molecule has 1 aromatic heterocycles. The molecule has 2 aromatic carbocycles. The van der Waals surface area contributed by atoms with Gasteiger partial charge in [0.2, 0.25) is 0 Å². The van der Waals surface area contributed by atoms with Crippen molar-refractivity contribution in [1.82, 2.24) is 9.29 Å². The molecule has 26 heavy (non-hydrogen) atoms. The van der Waals surface area contributed by atoms with Crippen molar-refractivity contribution in [1.29, 1.82) is 0 Å². The minimum atomic E-state index is -3.47. The summed E-state index contributed by atoms with van der Waals surface area (Å²) >= 11 is 0. The highest BCUT2D eigenvalue weighted by Gasteiger charge is 2.33. The maximum atomic E-state index is 12.4. The van der Waals surface area contributed by atoms with Gasteiger partial charge in [-0.2, -0.15) is 12.7 Å². The van der Waals surface area contributed by atoms with E-state index in [2.05, 4.69) is 10.3 Å². The molecule has 0 atom stereocenters. The molecular weight excluding hydrogens is 356 g/mol. The van der Waals surface area contributed by atoms with Crippen LogP contribution in [-0.4, -0.2) is 43.8 Å². The van der Waals surface area contributed by atoms with Crippen LogP contribution in [0.4, 0.5) is 11.4 Å². The fraction of sp³-hybridized carbons (Fsp3) is 0.176. The van der Waals surface area contributed by atoms with Gasteiger partial charge in [0.1, 0.15) is 5.52 Å². The molecule has 1 saturated heterocycles. The second-order valence-corrected chi connectivity index (χ2v) is 7.90. The van der Waals surface area contributed by atoms with Crippen molar-refractivity contribution in [2.45, 2.75) is 0 Å². The molecule has 1 aliphatic heterocycles. The van der Waals surface area contributed by atoms with Gasteiger partial charge < -0.3 is 9.73 Å². The summed E-state index contributed by atoms with van der Waals surface area (Å²) in [5, 5.41) is 2.79. The molecule has 0 saturated carbocycles. The lowest BCUT2D eigenvalue weighted by atomic mass is 10.2. The lowest BCUT2D eigenvalue weighted by Gasteiger charge is -2.18. The average Bonchev–Trinajstić information content (AvgIpc) is 3.19. The SMILES string of the molecule is CN1CCN(c2ccc(C(=O)Nc3ccc4ncoc4c3)cc2)S1(=O)=O. The van der Waals surface area contributed by atoms with Gasteiger partial charge in [0.05, 0.1) is 5.69 Å². The molecule has 2 heterocycles. The second kappa shape index (κ2) is 6.11. The molecule has 1 aliphatic rings. The number of carbonyl (C=O) groups is 1. The van der Waals surface area contributed by atoms with Crippen LogP contribution in [0.5, 0.6) is 0 Å². The van der Waals surface area contributed by atoms with Gasteiger partial charge in [0.15, 0.2) is 12.0 Å². The Kier molecular flexibility index (Phi) is 3.89. The number of anilines is 2. The van der Waals surface area contributed by atoms with E-state index < -0.39 is 10.2 Å². The fourth-order valence-electron chi connectivity index (χ4n) is 2.81. The smallest absolute Gasteiger partial charge is 0.303 e. The van der Waals surface area contributed by atoms with Crippen molar-refractivity contribution in [2.75, 3.05) is 29.8 Å². The first-order valence-corrected chi connectivity index (χ1v) is 9.33. The lowest BCUT2D eigenvalue weighted by Crippen LogP contribution is -2.30. The summed E-state index contributed by atoms with van der Waals surface area (Å²) in [6.07, 6.45) is 1.35. The maximum Gasteiger partial charge on any atom is 0.303 e. The van der Waals surface area contributed by atoms with Crippen LogP contribution in [0.1, 0.15) is 10.4 Å². The number of nitrogens with zero attached hydrogens (tertiary/aromatic N) is 3. The molecular formula is C17H16N4O4S. The zero-order valence-corrected chi connectivity index (χ0v) is 14.7. The van der Waals surface area contributed by atoms with E-state index in [4.69, 9.17) is 4.42 Å². The average molecular weight is 372 g/mol. The standard InChI is InChI=1S/C17H16N4O4S/c1-20-8-9-21(26(20,23)24)14-5-2-12(3-6-14)17(22)19-13-4-7-15-16(10-13)25-11-18-15/h2-7,10-11H,8-9H2,1H3,(H,19,22). The molecule has 134 valence electrons. The van der Waals surface area contributed by atoms with Crippen molar-refractivity contribution < 1.29 is 17.6 Å². The summed E-state index contributed by atoms with van der Waals surface area (Å²) in [4.78, 5) is 16.4. The van der Waals surface area contributed by atoms with Gasteiger partial charge in [0.25, 0.3) is 5.91 Å². The van der Waals surface area contributed by atoms with Gasteiger partial charge in [-0.25, -0.2) is 4.98 Å². The van der Waals surface area contributed by atoms with E-state index in [9.17, 15) is 13.2 Å². The molecule has 0 spiro atoms. The minimum absolute atomic E-state index is 0.295. The number of benzene rings is 2. The molecule has 9 heteroatoms. The molecule has 1 N–H and O–H groups in total. The highest BCUT2D eigenvalue weighted by molar-refractivity contribution is 7.90. The summed E-state index contributed by atoms with van der Waals surface area (Å²) in [5.74, 6) is -0.295. The molecule has 0 unspecified atom stereocenters. The third kappa shape index (κ3) is 2.80. The van der Waals surface area contributed by atoms with Crippen molar-refractivity contribution in [2.24, 2.45) is 0 Å². The molecule has 1 amide bonds. The van der Waals surface area contributed by atoms with E-state index in [1.165, 1.54) is 15.0 Å². The second-order valence-electron chi connectivity index (χ2n) is 5.94. The van der Waals surface area contributed by atoms with Crippen LogP contribution in [0, 0.1) is 0 Å². The van der Waals surface area contributed by atoms with Crippen molar-refractivity contribution >= 4 is 38.6 Å². The van der Waals surface area contributed by atoms with Crippen LogP contribution < -0.4 is 9.62 Å². The molecule has 1 fully saturated rings. The van der Waals surface area contributed by atoms with E-state index in [-0.39, 0.29) is 5.91 Å². The summed E-state index contributed by atoms with van der Waals surface area (Å²) in [6, 6.07) is 11.7. The fourth-order valence-corrected chi connectivity index (χ4v) is 4.16. The van der Waals surface area contributed by atoms with Crippen LogP contribution in [0.25, 0.3) is 11.1 Å². The number of rotatable bonds is 3. The van der Waals surface area contributed by atoms with Gasteiger partial charge >= 0.3 is 10.2 Å². The monoisotopic (exact) mass is 372 g/mol. The summed E-state index contributed by atoms with van der Waals surface area (Å²) in [6.45, 7) is 0.830. The summed E-state index contributed by atoms with van der Waals surface area (Å²) in [5.41, 5.74) is 2.85. The van der Waals surface area contributed by atoms with E-state index in [1.54, 1.807) is 49.5 Å². The molecule has 8 nitrogen and oxygen atoms in total. The van der Waals surface area contributed by atoms with Crippen LogP contribution in [-0.2, 0) is 10.2 Å². The molecule has 3 aromatic rings. The quantitative estimate of drug-likeness (QED) is 0.759. The first kappa shape index (κ1) is 16.6. The van der Waals surface area contributed by atoms with Crippen molar-refractivity contribution in [3.63, 3.8) is 0 Å². The number of carbonyl (C=O) groups excluding carboxylic acids is 1.